The molecule has 0 amide bonds. The van der Waals surface area contributed by atoms with E-state index in [0.29, 0.717) is 5.75 Å². The number of rotatable bonds is 3. The van der Waals surface area contributed by atoms with Gasteiger partial charge in [-0.05, 0) is 24.6 Å². The standard InChI is InChI=1S/C9H13NO3/c1-6(10-12)7-3-4-8(11)9(5-7)13-2/h3-6,10-12H,1-2H3. The van der Waals surface area contributed by atoms with Crippen molar-refractivity contribution in [2.75, 3.05) is 7.11 Å². The van der Waals surface area contributed by atoms with Gasteiger partial charge in [0.1, 0.15) is 0 Å². The number of ether oxygens (including phenoxy) is 1. The average molecular weight is 183 g/mol. The summed E-state index contributed by atoms with van der Waals surface area (Å²) in [5.74, 6) is 0.496. The van der Waals surface area contributed by atoms with Crippen molar-refractivity contribution in [3.05, 3.63) is 23.8 Å². The molecular weight excluding hydrogens is 170 g/mol. The Kier molecular flexibility index (Phi) is 3.11. The summed E-state index contributed by atoms with van der Waals surface area (Å²) in [6.07, 6.45) is 0. The van der Waals surface area contributed by atoms with Gasteiger partial charge in [-0.2, -0.15) is 5.48 Å². The fourth-order valence-corrected chi connectivity index (χ4v) is 1.04. The summed E-state index contributed by atoms with van der Waals surface area (Å²) in [5.41, 5.74) is 2.96. The zero-order valence-corrected chi connectivity index (χ0v) is 7.61. The second kappa shape index (κ2) is 4.11. The molecule has 0 heterocycles. The highest BCUT2D eigenvalue weighted by Gasteiger charge is 2.07. The Hall–Kier alpha value is -1.26. The largest absolute Gasteiger partial charge is 0.504 e. The molecule has 4 nitrogen and oxygen atoms in total. The summed E-state index contributed by atoms with van der Waals surface area (Å²) in [5, 5.41) is 17.9. The summed E-state index contributed by atoms with van der Waals surface area (Å²) in [4.78, 5) is 0. The molecule has 0 aromatic heterocycles. The lowest BCUT2D eigenvalue weighted by atomic mass is 10.1. The van der Waals surface area contributed by atoms with E-state index in [1.54, 1.807) is 19.1 Å². The number of hydrogen-bond donors (Lipinski definition) is 3. The third-order valence-corrected chi connectivity index (χ3v) is 1.90. The van der Waals surface area contributed by atoms with Crippen LogP contribution < -0.4 is 10.2 Å². The lowest BCUT2D eigenvalue weighted by Crippen LogP contribution is -2.12. The molecule has 72 valence electrons. The molecule has 1 aromatic carbocycles. The molecule has 1 unspecified atom stereocenters. The summed E-state index contributed by atoms with van der Waals surface area (Å²) >= 11 is 0. The van der Waals surface area contributed by atoms with Gasteiger partial charge >= 0.3 is 0 Å². The molecule has 0 aliphatic heterocycles. The SMILES string of the molecule is COc1cc(C(C)NO)ccc1O. The van der Waals surface area contributed by atoms with Gasteiger partial charge in [-0.15, -0.1) is 0 Å². The smallest absolute Gasteiger partial charge is 0.160 e. The second-order valence-corrected chi connectivity index (χ2v) is 2.78. The molecule has 1 aromatic rings. The summed E-state index contributed by atoms with van der Waals surface area (Å²) in [6.45, 7) is 1.80. The molecule has 0 saturated heterocycles. The lowest BCUT2D eigenvalue weighted by Gasteiger charge is -2.11. The van der Waals surface area contributed by atoms with Crippen LogP contribution >= 0.6 is 0 Å². The van der Waals surface area contributed by atoms with Gasteiger partial charge in [-0.3, -0.25) is 0 Å². The Labute approximate surface area is 76.7 Å². The van der Waals surface area contributed by atoms with E-state index in [4.69, 9.17) is 9.94 Å². The third kappa shape index (κ3) is 2.11. The van der Waals surface area contributed by atoms with E-state index in [0.717, 1.165) is 5.56 Å². The molecule has 0 aliphatic carbocycles. The Morgan fingerprint density at radius 3 is 2.69 bits per heavy atom. The molecule has 4 heteroatoms. The van der Waals surface area contributed by atoms with E-state index in [1.807, 2.05) is 0 Å². The fraction of sp³-hybridized carbons (Fsp3) is 0.333. The second-order valence-electron chi connectivity index (χ2n) is 2.78. The van der Waals surface area contributed by atoms with Gasteiger partial charge in [-0.25, -0.2) is 0 Å². The maximum absolute atomic E-state index is 9.28. The van der Waals surface area contributed by atoms with Crippen LogP contribution in [-0.4, -0.2) is 17.4 Å². The molecule has 0 fully saturated rings. The maximum Gasteiger partial charge on any atom is 0.160 e. The predicted molar refractivity (Wildman–Crippen MR) is 48.0 cm³/mol. The van der Waals surface area contributed by atoms with E-state index in [9.17, 15) is 5.11 Å². The summed E-state index contributed by atoms with van der Waals surface area (Å²) in [6, 6.07) is 4.73. The van der Waals surface area contributed by atoms with Crippen LogP contribution in [0.25, 0.3) is 0 Å². The first-order chi connectivity index (χ1) is 6.19. The predicted octanol–water partition coefficient (Wildman–Crippen LogP) is 1.44. The Balaban J connectivity index is 2.99. The highest BCUT2D eigenvalue weighted by atomic mass is 16.5. The van der Waals surface area contributed by atoms with Crippen molar-refractivity contribution in [2.45, 2.75) is 13.0 Å². The zero-order chi connectivity index (χ0) is 9.84. The highest BCUT2D eigenvalue weighted by molar-refractivity contribution is 5.42. The van der Waals surface area contributed by atoms with E-state index < -0.39 is 0 Å². The first-order valence-corrected chi connectivity index (χ1v) is 3.95. The molecule has 3 N–H and O–H groups in total. The van der Waals surface area contributed by atoms with Crippen molar-refractivity contribution >= 4 is 0 Å². The van der Waals surface area contributed by atoms with Crippen molar-refractivity contribution in [3.8, 4) is 11.5 Å². The zero-order valence-electron chi connectivity index (χ0n) is 7.61. The van der Waals surface area contributed by atoms with Gasteiger partial charge in [0.15, 0.2) is 11.5 Å². The molecular formula is C9H13NO3. The molecule has 0 bridgehead atoms. The van der Waals surface area contributed by atoms with Crippen LogP contribution in [0.15, 0.2) is 18.2 Å². The van der Waals surface area contributed by atoms with Crippen molar-refractivity contribution in [1.82, 2.24) is 5.48 Å². The highest BCUT2D eigenvalue weighted by Crippen LogP contribution is 2.28. The van der Waals surface area contributed by atoms with Crippen molar-refractivity contribution in [1.29, 1.82) is 0 Å². The summed E-state index contributed by atoms with van der Waals surface area (Å²) < 4.78 is 4.92. The first-order valence-electron chi connectivity index (χ1n) is 3.95. The number of nitrogens with one attached hydrogen (secondary N) is 1. The number of hydrogen-bond acceptors (Lipinski definition) is 4. The van der Waals surface area contributed by atoms with Gasteiger partial charge < -0.3 is 15.1 Å². The summed E-state index contributed by atoms with van der Waals surface area (Å²) in [7, 11) is 1.48. The van der Waals surface area contributed by atoms with Crippen molar-refractivity contribution < 1.29 is 15.1 Å². The lowest BCUT2D eigenvalue weighted by molar-refractivity contribution is 0.133. The average Bonchev–Trinajstić information content (AvgIpc) is 2.17. The topological polar surface area (TPSA) is 61.7 Å². The number of benzene rings is 1. The number of hydroxylamine groups is 1. The normalized spacial score (nSPS) is 12.5. The van der Waals surface area contributed by atoms with Gasteiger partial charge in [0.2, 0.25) is 0 Å². The maximum atomic E-state index is 9.28. The van der Waals surface area contributed by atoms with Crippen LogP contribution in [0.2, 0.25) is 0 Å². The Morgan fingerprint density at radius 2 is 2.15 bits per heavy atom. The Morgan fingerprint density at radius 1 is 1.46 bits per heavy atom. The minimum absolute atomic E-state index is 0.0939. The molecule has 1 rings (SSSR count). The molecule has 0 aliphatic rings. The Bertz CT molecular complexity index is 288. The van der Waals surface area contributed by atoms with E-state index in [-0.39, 0.29) is 11.8 Å². The minimum Gasteiger partial charge on any atom is -0.504 e. The van der Waals surface area contributed by atoms with Gasteiger partial charge in [0.25, 0.3) is 0 Å². The van der Waals surface area contributed by atoms with Crippen LogP contribution in [0.5, 0.6) is 11.5 Å². The van der Waals surface area contributed by atoms with E-state index in [2.05, 4.69) is 5.48 Å². The van der Waals surface area contributed by atoms with Crippen molar-refractivity contribution in [2.24, 2.45) is 0 Å². The number of phenolic OH excluding ortho intramolecular Hbond substituents is 1. The van der Waals surface area contributed by atoms with Gasteiger partial charge in [0, 0.05) is 0 Å². The first kappa shape index (κ1) is 9.83. The van der Waals surface area contributed by atoms with Crippen LogP contribution in [0.3, 0.4) is 0 Å². The number of methoxy groups -OCH3 is 1. The van der Waals surface area contributed by atoms with Gasteiger partial charge in [-0.1, -0.05) is 6.07 Å². The molecule has 1 atom stereocenters. The fourth-order valence-electron chi connectivity index (χ4n) is 1.04. The van der Waals surface area contributed by atoms with E-state index >= 15 is 0 Å². The number of phenols is 1. The number of aromatic hydroxyl groups is 1. The third-order valence-electron chi connectivity index (χ3n) is 1.90. The molecule has 0 saturated carbocycles. The van der Waals surface area contributed by atoms with Crippen LogP contribution in [0.4, 0.5) is 0 Å². The van der Waals surface area contributed by atoms with Crippen molar-refractivity contribution in [3.63, 3.8) is 0 Å². The quantitative estimate of drug-likeness (QED) is 0.620. The van der Waals surface area contributed by atoms with Crippen LogP contribution in [0.1, 0.15) is 18.5 Å². The van der Waals surface area contributed by atoms with Crippen LogP contribution in [-0.2, 0) is 0 Å². The van der Waals surface area contributed by atoms with E-state index in [1.165, 1.54) is 13.2 Å². The molecule has 13 heavy (non-hydrogen) atoms. The monoisotopic (exact) mass is 183 g/mol. The molecule has 0 spiro atoms. The minimum atomic E-state index is -0.186. The molecule has 0 radical (unpaired) electrons. The van der Waals surface area contributed by atoms with Gasteiger partial charge in [0.05, 0.1) is 13.2 Å². The van der Waals surface area contributed by atoms with Crippen LogP contribution in [0, 0.1) is 0 Å².